The van der Waals surface area contributed by atoms with Crippen LogP contribution < -0.4 is 15.5 Å². The first-order valence-corrected chi connectivity index (χ1v) is 12.8. The van der Waals surface area contributed by atoms with Gasteiger partial charge in [0.15, 0.2) is 17.4 Å². The highest BCUT2D eigenvalue weighted by molar-refractivity contribution is 7.69. The molecule has 2 heterocycles. The summed E-state index contributed by atoms with van der Waals surface area (Å²) in [5.41, 5.74) is 3.34. The summed E-state index contributed by atoms with van der Waals surface area (Å²) in [6.07, 6.45) is 1.63. The monoisotopic (exact) mass is 455 g/mol. The first-order chi connectivity index (χ1) is 15.2. The molecule has 32 heavy (non-hydrogen) atoms. The van der Waals surface area contributed by atoms with Gasteiger partial charge in [0.25, 0.3) is 0 Å². The molecule has 0 saturated heterocycles. The maximum Gasteiger partial charge on any atom is 0.198 e. The Bertz CT molecular complexity index is 1220. The lowest BCUT2D eigenvalue weighted by molar-refractivity contribution is 0.0988. The molecule has 9 nitrogen and oxygen atoms in total. The number of anilines is 2. The molecule has 1 aromatic carbocycles. The van der Waals surface area contributed by atoms with E-state index in [2.05, 4.69) is 20.6 Å². The third-order valence-corrected chi connectivity index (χ3v) is 6.44. The number of para-hydroxylation sites is 1. The van der Waals surface area contributed by atoms with Crippen LogP contribution in [-0.4, -0.2) is 41.0 Å². The van der Waals surface area contributed by atoms with Gasteiger partial charge in [-0.15, -0.1) is 4.91 Å². The van der Waals surface area contributed by atoms with Crippen LogP contribution in [0.1, 0.15) is 30.6 Å². The van der Waals surface area contributed by atoms with E-state index in [4.69, 9.17) is 4.74 Å². The summed E-state index contributed by atoms with van der Waals surface area (Å²) in [6, 6.07) is 8.72. The fraction of sp³-hybridized carbons (Fsp3) is 0.318. The molecule has 0 amide bonds. The highest BCUT2D eigenvalue weighted by Crippen LogP contribution is 2.40. The summed E-state index contributed by atoms with van der Waals surface area (Å²) in [5.74, 6) is 0.331. The number of pyridine rings is 1. The molecule has 0 saturated carbocycles. The second-order valence-electron chi connectivity index (χ2n) is 7.52. The number of hydrogen-bond donors (Lipinski definition) is 1. The van der Waals surface area contributed by atoms with Crippen LogP contribution in [0.4, 0.5) is 17.2 Å². The van der Waals surface area contributed by atoms with Crippen LogP contribution in [0.25, 0.3) is 11.3 Å². The molecule has 0 spiro atoms. The molecular weight excluding hydrogens is 429 g/mol. The number of carbonyl (C=O) groups excluding carboxylic acids is 1. The van der Waals surface area contributed by atoms with E-state index in [-0.39, 0.29) is 18.0 Å². The highest BCUT2D eigenvalue weighted by atomic mass is 31.2. The predicted molar refractivity (Wildman–Crippen MR) is 127 cm³/mol. The minimum absolute atomic E-state index is 0.0387. The molecular formula is C22H26N5O4P. The molecule has 2 aromatic heterocycles. The molecule has 3 aromatic rings. The Labute approximate surface area is 186 Å². The zero-order valence-corrected chi connectivity index (χ0v) is 19.6. The molecule has 0 bridgehead atoms. The zero-order chi connectivity index (χ0) is 23.5. The SMILES string of the molecule is CCC(=O)c1cnc(N=O)cc1Nc1cccc(-c2cc(P(C)(C)=O)n(CC)n2)c1OC. The topological polar surface area (TPSA) is 116 Å². The van der Waals surface area contributed by atoms with Gasteiger partial charge in [-0.25, -0.2) is 4.98 Å². The average molecular weight is 455 g/mol. The van der Waals surface area contributed by atoms with Crippen molar-refractivity contribution in [1.29, 1.82) is 0 Å². The van der Waals surface area contributed by atoms with Gasteiger partial charge in [-0.1, -0.05) is 13.0 Å². The summed E-state index contributed by atoms with van der Waals surface area (Å²) >= 11 is 0. The van der Waals surface area contributed by atoms with E-state index in [0.717, 1.165) is 0 Å². The third-order valence-electron chi connectivity index (χ3n) is 4.98. The number of carbonyl (C=O) groups is 1. The number of nitrogens with one attached hydrogen (secondary N) is 1. The van der Waals surface area contributed by atoms with Crippen LogP contribution in [-0.2, 0) is 11.1 Å². The number of aromatic nitrogens is 3. The minimum atomic E-state index is -2.53. The number of methoxy groups -OCH3 is 1. The Morgan fingerprint density at radius 2 is 1.97 bits per heavy atom. The number of benzene rings is 1. The molecule has 0 unspecified atom stereocenters. The summed E-state index contributed by atoms with van der Waals surface area (Å²) < 4.78 is 20.1. The lowest BCUT2D eigenvalue weighted by Gasteiger charge is -2.16. The van der Waals surface area contributed by atoms with Gasteiger partial charge in [0.05, 0.1) is 35.2 Å². The molecule has 0 aliphatic rings. The van der Waals surface area contributed by atoms with Gasteiger partial charge in [0.2, 0.25) is 0 Å². The minimum Gasteiger partial charge on any atom is -0.494 e. The van der Waals surface area contributed by atoms with Crippen molar-refractivity contribution in [3.8, 4) is 17.0 Å². The molecule has 1 N–H and O–H groups in total. The Kier molecular flexibility index (Phi) is 6.89. The molecule has 168 valence electrons. The fourth-order valence-electron chi connectivity index (χ4n) is 3.42. The number of aryl methyl sites for hydroxylation is 1. The Hall–Kier alpha value is -3.32. The van der Waals surface area contributed by atoms with Gasteiger partial charge in [-0.05, 0) is 43.6 Å². The quantitative estimate of drug-likeness (QED) is 0.275. The molecule has 0 fully saturated rings. The van der Waals surface area contributed by atoms with Crippen LogP contribution in [0, 0.1) is 4.91 Å². The zero-order valence-electron chi connectivity index (χ0n) is 18.7. The van der Waals surface area contributed by atoms with Crippen molar-refractivity contribution in [3.63, 3.8) is 0 Å². The summed E-state index contributed by atoms with van der Waals surface area (Å²) in [6.45, 7) is 7.70. The van der Waals surface area contributed by atoms with Crippen molar-refractivity contribution in [2.75, 3.05) is 25.8 Å². The lowest BCUT2D eigenvalue weighted by atomic mass is 10.1. The first-order valence-electron chi connectivity index (χ1n) is 10.2. The molecule has 0 radical (unpaired) electrons. The standard InChI is InChI=1S/C22H26N5O4P/c1-6-19(28)15-13-23-20(26-29)11-17(15)24-16-10-8-9-14(22(16)31-3)18-12-21(32(4,5)30)27(7-2)25-18/h8-13H,6-7H2,1-5H3,(H,23,24). The van der Waals surface area contributed by atoms with Crippen LogP contribution in [0.3, 0.4) is 0 Å². The van der Waals surface area contributed by atoms with Crippen LogP contribution in [0.15, 0.2) is 41.7 Å². The Balaban J connectivity index is 2.12. The normalized spacial score (nSPS) is 11.3. The maximum atomic E-state index is 12.7. The van der Waals surface area contributed by atoms with Crippen molar-refractivity contribution < 1.29 is 14.1 Å². The number of rotatable bonds is 9. The predicted octanol–water partition coefficient (Wildman–Crippen LogP) is 4.96. The number of nitrogens with zero attached hydrogens (tertiary/aromatic N) is 4. The molecule has 0 atom stereocenters. The number of ketones is 1. The summed E-state index contributed by atoms with van der Waals surface area (Å²) in [7, 11) is -0.996. The Morgan fingerprint density at radius 1 is 1.22 bits per heavy atom. The van der Waals surface area contributed by atoms with Crippen molar-refractivity contribution in [2.45, 2.75) is 26.8 Å². The highest BCUT2D eigenvalue weighted by Gasteiger charge is 2.22. The number of Topliss-reactive ketones (excluding diaryl/α,β-unsaturated/α-hetero) is 1. The van der Waals surface area contributed by atoms with Crippen LogP contribution in [0.5, 0.6) is 5.75 Å². The van der Waals surface area contributed by atoms with Crippen molar-refractivity contribution in [1.82, 2.24) is 14.8 Å². The molecule has 0 aliphatic heterocycles. The fourth-order valence-corrected chi connectivity index (χ4v) is 4.59. The van der Waals surface area contributed by atoms with Crippen molar-refractivity contribution >= 4 is 35.6 Å². The Morgan fingerprint density at radius 3 is 2.53 bits per heavy atom. The van der Waals surface area contributed by atoms with Gasteiger partial charge in [-0.2, -0.15) is 5.10 Å². The van der Waals surface area contributed by atoms with Crippen molar-refractivity contribution in [3.05, 3.63) is 47.0 Å². The van der Waals surface area contributed by atoms with Crippen LogP contribution >= 0.6 is 7.14 Å². The van der Waals surface area contributed by atoms with Gasteiger partial charge in [-0.3, -0.25) is 9.48 Å². The summed E-state index contributed by atoms with van der Waals surface area (Å²) in [4.78, 5) is 27.3. The number of hydrogen-bond acceptors (Lipinski definition) is 8. The van der Waals surface area contributed by atoms with Crippen molar-refractivity contribution in [2.24, 2.45) is 5.18 Å². The molecule has 3 rings (SSSR count). The third kappa shape index (κ3) is 4.62. The van der Waals surface area contributed by atoms with E-state index in [0.29, 0.717) is 45.9 Å². The van der Waals surface area contributed by atoms with Gasteiger partial charge in [0, 0.05) is 30.8 Å². The smallest absolute Gasteiger partial charge is 0.198 e. The van der Waals surface area contributed by atoms with E-state index in [1.54, 1.807) is 31.0 Å². The second-order valence-corrected chi connectivity index (χ2v) is 10.7. The van der Waals surface area contributed by atoms with E-state index in [1.165, 1.54) is 19.4 Å². The van der Waals surface area contributed by atoms with E-state index < -0.39 is 7.14 Å². The van der Waals surface area contributed by atoms with Gasteiger partial charge in [0.1, 0.15) is 7.14 Å². The average Bonchev–Trinajstić information content (AvgIpc) is 3.23. The van der Waals surface area contributed by atoms with E-state index >= 15 is 0 Å². The second kappa shape index (κ2) is 9.44. The van der Waals surface area contributed by atoms with Gasteiger partial charge < -0.3 is 14.6 Å². The van der Waals surface area contributed by atoms with Crippen LogP contribution in [0.2, 0.25) is 0 Å². The lowest BCUT2D eigenvalue weighted by Crippen LogP contribution is -2.16. The molecule has 0 aliphatic carbocycles. The largest absolute Gasteiger partial charge is 0.494 e. The van der Waals surface area contributed by atoms with E-state index in [9.17, 15) is 14.3 Å². The number of ether oxygens (including phenoxy) is 1. The molecule has 10 heteroatoms. The van der Waals surface area contributed by atoms with E-state index in [1.807, 2.05) is 25.1 Å². The maximum absolute atomic E-state index is 12.7. The van der Waals surface area contributed by atoms with Gasteiger partial charge >= 0.3 is 0 Å². The summed E-state index contributed by atoms with van der Waals surface area (Å²) in [5, 5.41) is 10.7. The number of nitroso groups, excluding NO2 is 1. The first kappa shape index (κ1) is 23.3.